The van der Waals surface area contributed by atoms with E-state index in [1.165, 1.54) is 13.8 Å². The number of H-pyrrole nitrogens is 3. The number of pyridine rings is 5. The van der Waals surface area contributed by atoms with E-state index < -0.39 is 29.3 Å². The minimum Gasteiger partial charge on any atom is -0.370 e. The van der Waals surface area contributed by atoms with Crippen LogP contribution in [0.2, 0.25) is 10.0 Å². The number of hydrogen-bond donors (Lipinski definition) is 6. The van der Waals surface area contributed by atoms with Gasteiger partial charge < -0.3 is 30.9 Å². The third kappa shape index (κ3) is 9.37. The lowest BCUT2D eigenvalue weighted by Gasteiger charge is -2.29. The average molecular weight is 1000 g/mol. The molecule has 0 aliphatic carbocycles. The van der Waals surface area contributed by atoms with Crippen LogP contribution in [-0.2, 0) is 6.42 Å². The number of rotatable bonds is 8. The number of aromatic nitrogens is 5. The first-order chi connectivity index (χ1) is 33.3. The number of hydrogen-bond acceptors (Lipinski definition) is 9. The second-order valence-corrected chi connectivity index (χ2v) is 21.9. The van der Waals surface area contributed by atoms with Gasteiger partial charge in [0.1, 0.15) is 23.5 Å². The molecule has 5 aromatic heterocycles. The third-order valence-electron chi connectivity index (χ3n) is 13.8. The van der Waals surface area contributed by atoms with Crippen molar-refractivity contribution < 1.29 is 13.2 Å². The molecule has 12 nitrogen and oxygen atoms in total. The zero-order chi connectivity index (χ0) is 51.2. The van der Waals surface area contributed by atoms with Crippen LogP contribution >= 0.6 is 23.2 Å². The van der Waals surface area contributed by atoms with E-state index in [9.17, 15) is 27.6 Å². The largest absolute Gasteiger partial charge is 0.408 e. The van der Waals surface area contributed by atoms with Crippen LogP contribution in [-0.4, -0.2) is 55.1 Å². The Morgan fingerprint density at radius 1 is 0.634 bits per heavy atom. The van der Waals surface area contributed by atoms with Crippen molar-refractivity contribution in [2.75, 3.05) is 10.6 Å². The molecule has 6 heterocycles. The van der Waals surface area contributed by atoms with Gasteiger partial charge in [-0.15, -0.1) is 0 Å². The average Bonchev–Trinajstić information content (AvgIpc) is 3.42. The molecule has 0 amide bonds. The number of amidine groups is 1. The zero-order valence-corrected chi connectivity index (χ0v) is 42.4. The standard InChI is InChI=1S/C54H54Cl2F3N9O3/c1-24(2)46(54(57,58)59)68-47-31-14-12-29(55)20-33(31)45-40(64-47)22-38(66-51(45)71)27-11-13-30-34(17-27)48(62-26(4)53(8,9)10)65-41-23-39(67-50(70)43(30)41)35-18-28-19-42(61-25(3)52(5,6)7)63-37-15-16-60-49(69)44(37)32(28)21-36(35)56/h11-18,20-26,46H,19H2,1-10H3,(H,60,69)(H,61,63)(H,62,65)(H,64,68)(H,66,71)(H,67,70)/t25?,26?,46-/m1/s1. The minimum atomic E-state index is -4.58. The van der Waals surface area contributed by atoms with Crippen LogP contribution in [0.4, 0.5) is 30.5 Å². The molecule has 17 heteroatoms. The molecule has 0 spiro atoms. The van der Waals surface area contributed by atoms with Crippen LogP contribution in [0.3, 0.4) is 0 Å². The smallest absolute Gasteiger partial charge is 0.370 e. The van der Waals surface area contributed by atoms with E-state index in [-0.39, 0.29) is 45.2 Å². The van der Waals surface area contributed by atoms with Crippen molar-refractivity contribution in [3.63, 3.8) is 0 Å². The highest BCUT2D eigenvalue weighted by Crippen LogP contribution is 2.41. The van der Waals surface area contributed by atoms with E-state index in [1.54, 1.807) is 60.8 Å². The highest BCUT2D eigenvalue weighted by Gasteiger charge is 2.42. The first-order valence-electron chi connectivity index (χ1n) is 23.4. The van der Waals surface area contributed by atoms with Gasteiger partial charge in [0.05, 0.1) is 49.5 Å². The molecule has 3 aromatic carbocycles. The topological polar surface area (TPSA) is 173 Å². The van der Waals surface area contributed by atoms with E-state index in [4.69, 9.17) is 33.2 Å². The molecule has 0 radical (unpaired) electrons. The maximum absolute atomic E-state index is 14.5. The summed E-state index contributed by atoms with van der Waals surface area (Å²) in [6.07, 6.45) is -2.66. The van der Waals surface area contributed by atoms with Crippen LogP contribution < -0.4 is 32.6 Å². The predicted molar refractivity (Wildman–Crippen MR) is 284 cm³/mol. The molecule has 3 atom stereocenters. The number of fused-ring (bicyclic) bond motifs is 9. The Morgan fingerprint density at radius 2 is 1.24 bits per heavy atom. The fourth-order valence-electron chi connectivity index (χ4n) is 8.86. The van der Waals surface area contributed by atoms with Crippen molar-refractivity contribution >= 4 is 89.7 Å². The summed E-state index contributed by atoms with van der Waals surface area (Å²) >= 11 is 13.5. The van der Waals surface area contributed by atoms with Crippen LogP contribution in [0.15, 0.2) is 92.3 Å². The van der Waals surface area contributed by atoms with E-state index in [0.29, 0.717) is 99.9 Å². The molecule has 0 saturated carbocycles. The Kier molecular flexibility index (Phi) is 12.4. The maximum Gasteiger partial charge on any atom is 0.408 e. The number of alkyl halides is 3. The molecule has 0 bridgehead atoms. The zero-order valence-electron chi connectivity index (χ0n) is 40.9. The molecule has 0 saturated heterocycles. The second-order valence-electron chi connectivity index (χ2n) is 21.1. The van der Waals surface area contributed by atoms with Gasteiger partial charge in [0.25, 0.3) is 16.7 Å². The first kappa shape index (κ1) is 49.3. The number of nitrogens with one attached hydrogen (secondary N) is 6. The van der Waals surface area contributed by atoms with Crippen molar-refractivity contribution in [3.8, 4) is 33.6 Å². The van der Waals surface area contributed by atoms with Gasteiger partial charge in [0, 0.05) is 56.8 Å². The summed E-state index contributed by atoms with van der Waals surface area (Å²) in [6, 6.07) is 16.8. The number of anilines is 2. The minimum absolute atomic E-state index is 0.0357. The van der Waals surface area contributed by atoms with Crippen molar-refractivity contribution in [2.45, 2.75) is 100.0 Å². The van der Waals surface area contributed by atoms with Crippen LogP contribution in [0.25, 0.3) is 77.0 Å². The van der Waals surface area contributed by atoms with Gasteiger partial charge in [-0.25, -0.2) is 15.0 Å². The van der Waals surface area contributed by atoms with E-state index in [2.05, 4.69) is 84.4 Å². The highest BCUT2D eigenvalue weighted by atomic mass is 35.5. The summed E-state index contributed by atoms with van der Waals surface area (Å²) in [5.41, 5.74) is 3.06. The summed E-state index contributed by atoms with van der Waals surface area (Å²) in [7, 11) is 0. The number of halogens is 5. The Balaban J connectivity index is 1.20. The van der Waals surface area contributed by atoms with E-state index in [0.717, 1.165) is 5.56 Å². The first-order valence-corrected chi connectivity index (χ1v) is 24.2. The normalized spacial score (nSPS) is 14.6. The van der Waals surface area contributed by atoms with Gasteiger partial charge in [-0.2, -0.15) is 13.2 Å². The lowest BCUT2D eigenvalue weighted by molar-refractivity contribution is -0.150. The summed E-state index contributed by atoms with van der Waals surface area (Å²) in [4.78, 5) is 65.5. The van der Waals surface area contributed by atoms with Gasteiger partial charge in [0.2, 0.25) is 0 Å². The van der Waals surface area contributed by atoms with Gasteiger partial charge in [-0.1, -0.05) is 90.7 Å². The fourth-order valence-corrected chi connectivity index (χ4v) is 9.30. The fraction of sp³-hybridized carbons (Fsp3) is 0.333. The predicted octanol–water partition coefficient (Wildman–Crippen LogP) is 12.9. The molecule has 1 aliphatic heterocycles. The van der Waals surface area contributed by atoms with E-state index >= 15 is 0 Å². The molecule has 368 valence electrons. The second kappa shape index (κ2) is 17.9. The van der Waals surface area contributed by atoms with Crippen molar-refractivity contribution in [3.05, 3.63) is 120 Å². The van der Waals surface area contributed by atoms with Crippen LogP contribution in [0.1, 0.15) is 74.8 Å². The highest BCUT2D eigenvalue weighted by molar-refractivity contribution is 6.34. The van der Waals surface area contributed by atoms with Crippen molar-refractivity contribution in [2.24, 2.45) is 21.7 Å². The molecule has 71 heavy (non-hydrogen) atoms. The summed E-state index contributed by atoms with van der Waals surface area (Å²) in [5, 5.41) is 12.6. The molecule has 8 aromatic rings. The van der Waals surface area contributed by atoms with Crippen molar-refractivity contribution in [1.82, 2.24) is 30.2 Å². The van der Waals surface area contributed by atoms with Gasteiger partial charge in [0.15, 0.2) is 0 Å². The monoisotopic (exact) mass is 1000 g/mol. The maximum atomic E-state index is 14.5. The van der Waals surface area contributed by atoms with Gasteiger partial charge >= 0.3 is 6.18 Å². The number of aliphatic imine (C=N–C) groups is 1. The number of nitrogens with zero attached hydrogens (tertiary/aromatic N) is 3. The summed E-state index contributed by atoms with van der Waals surface area (Å²) < 4.78 is 42.9. The van der Waals surface area contributed by atoms with E-state index in [1.807, 2.05) is 19.1 Å². The molecule has 6 N–H and O–H groups in total. The lowest BCUT2D eigenvalue weighted by atomic mass is 9.88. The van der Waals surface area contributed by atoms with Crippen molar-refractivity contribution in [1.29, 1.82) is 0 Å². The molecule has 2 unspecified atom stereocenters. The molecule has 0 fully saturated rings. The van der Waals surface area contributed by atoms with Crippen LogP contribution in [0, 0.1) is 16.7 Å². The lowest BCUT2D eigenvalue weighted by Crippen LogP contribution is -2.42. The molecule has 1 aliphatic rings. The van der Waals surface area contributed by atoms with Crippen LogP contribution in [0.5, 0.6) is 0 Å². The summed E-state index contributed by atoms with van der Waals surface area (Å²) in [6.45, 7) is 19.8. The Labute approximate surface area is 416 Å². The quantitative estimate of drug-likeness (QED) is 0.0816. The molecular weight excluding hydrogens is 951 g/mol. The van der Waals surface area contributed by atoms with Gasteiger partial charge in [-0.3, -0.25) is 14.4 Å². The number of benzene rings is 3. The SMILES string of the molecule is CC(C)[C@@H](Nc1nc2cc(-c3ccc4c(c3)c(NC(C)C(C)(C)C)nc3cc(-c5cc6c(cc5Cl)-c5c(cc[nH]c5=O)N=C(NC(C)C(C)(C)C)C6)[nH]c(=O)c34)[nH]c(=O)c2c2cc(Cl)ccc12)C(F)(F)F. The number of aromatic amines is 3. The Bertz CT molecular complexity index is 3700. The Hall–Kier alpha value is -6.71. The molecule has 9 rings (SSSR count). The third-order valence-corrected chi connectivity index (χ3v) is 14.3. The summed E-state index contributed by atoms with van der Waals surface area (Å²) in [5.74, 6) is 0.277. The Morgan fingerprint density at radius 3 is 1.89 bits per heavy atom. The van der Waals surface area contributed by atoms with Gasteiger partial charge in [-0.05, 0) is 102 Å². The molecular formula is C54H54Cl2F3N9O3.